The highest BCUT2D eigenvalue weighted by Crippen LogP contribution is 2.27. The molecule has 9 heteroatoms. The van der Waals surface area contributed by atoms with Gasteiger partial charge in [-0.2, -0.15) is 13.2 Å². The lowest BCUT2D eigenvalue weighted by Gasteiger charge is -2.34. The smallest absolute Gasteiger partial charge is 0.510 e. The van der Waals surface area contributed by atoms with Crippen LogP contribution < -0.4 is 4.65 Å². The van der Waals surface area contributed by atoms with Crippen molar-refractivity contribution in [2.45, 2.75) is 6.18 Å². The summed E-state index contributed by atoms with van der Waals surface area (Å²) in [6.07, 6.45) is -5.21. The van der Waals surface area contributed by atoms with Crippen LogP contribution in [0.5, 0.6) is 0 Å². The molecular formula is C8H6BrF3N2O2S. The van der Waals surface area contributed by atoms with Crippen molar-refractivity contribution in [3.05, 3.63) is 26.5 Å². The van der Waals surface area contributed by atoms with Crippen LogP contribution in [0.3, 0.4) is 0 Å². The van der Waals surface area contributed by atoms with E-state index in [0.717, 1.165) is 6.07 Å². The van der Waals surface area contributed by atoms with Crippen LogP contribution in [0.1, 0.15) is 0 Å². The van der Waals surface area contributed by atoms with Gasteiger partial charge in [0.2, 0.25) is 5.82 Å². The Morgan fingerprint density at radius 1 is 1.53 bits per heavy atom. The third kappa shape index (κ3) is 2.92. The molecule has 0 aliphatic heterocycles. The molecule has 0 aromatic carbocycles. The van der Waals surface area contributed by atoms with Gasteiger partial charge in [0.25, 0.3) is 0 Å². The Morgan fingerprint density at radius 3 is 2.47 bits per heavy atom. The molecule has 0 aliphatic rings. The van der Waals surface area contributed by atoms with Gasteiger partial charge in [-0.3, -0.25) is 0 Å². The standard InChI is InChI=1S/C8H6BrF3N2O2S/c1-14(16,7(15)8(10,11)12)5-3-2-4(9)6(17)13-5/h2-3H,1H3,(H,13,17). The molecule has 0 saturated heterocycles. The van der Waals surface area contributed by atoms with E-state index in [4.69, 9.17) is 12.2 Å². The van der Waals surface area contributed by atoms with Crippen molar-refractivity contribution in [3.8, 4) is 0 Å². The number of carbonyl (C=O) groups is 1. The van der Waals surface area contributed by atoms with Crippen LogP contribution in [-0.4, -0.2) is 24.1 Å². The summed E-state index contributed by atoms with van der Waals surface area (Å²) >= 11 is 7.77. The van der Waals surface area contributed by atoms with Gasteiger partial charge in [0.1, 0.15) is 4.64 Å². The average molecular weight is 331 g/mol. The van der Waals surface area contributed by atoms with E-state index in [1.54, 1.807) is 0 Å². The summed E-state index contributed by atoms with van der Waals surface area (Å²) in [7, 11) is 0.588. The number of carbonyl (C=O) groups excluding carboxylic acids is 1. The number of aromatic nitrogens is 1. The molecule has 0 bridgehead atoms. The van der Waals surface area contributed by atoms with Crippen molar-refractivity contribution in [2.24, 2.45) is 0 Å². The molecular weight excluding hydrogens is 325 g/mol. The molecule has 0 radical (unpaired) electrons. The lowest BCUT2D eigenvalue weighted by Crippen LogP contribution is -2.52. The van der Waals surface area contributed by atoms with Crippen LogP contribution in [0.25, 0.3) is 0 Å². The second-order valence-corrected chi connectivity index (χ2v) is 4.51. The van der Waals surface area contributed by atoms with E-state index >= 15 is 0 Å². The summed E-state index contributed by atoms with van der Waals surface area (Å²) in [5.41, 5.74) is 0. The fraction of sp³-hybridized carbons (Fsp3) is 0.250. The molecule has 0 saturated carbocycles. The van der Waals surface area contributed by atoms with Gasteiger partial charge < -0.3 is 10.2 Å². The van der Waals surface area contributed by atoms with Crippen molar-refractivity contribution in [1.82, 2.24) is 9.63 Å². The number of quaternary nitrogens is 1. The average Bonchev–Trinajstić information content (AvgIpc) is 2.19. The van der Waals surface area contributed by atoms with Gasteiger partial charge in [-0.15, -0.1) is 0 Å². The van der Waals surface area contributed by atoms with Crippen molar-refractivity contribution in [3.63, 3.8) is 0 Å². The zero-order chi connectivity index (χ0) is 13.4. The first-order valence-electron chi connectivity index (χ1n) is 4.15. The zero-order valence-corrected chi connectivity index (χ0v) is 10.7. The van der Waals surface area contributed by atoms with E-state index in [-0.39, 0.29) is 4.64 Å². The lowest BCUT2D eigenvalue weighted by atomic mass is 10.4. The first-order valence-corrected chi connectivity index (χ1v) is 5.35. The van der Waals surface area contributed by atoms with Crippen molar-refractivity contribution >= 4 is 39.9 Å². The van der Waals surface area contributed by atoms with Crippen LogP contribution in [0.4, 0.5) is 19.0 Å². The van der Waals surface area contributed by atoms with Crippen molar-refractivity contribution in [2.75, 3.05) is 7.05 Å². The molecule has 1 amide bonds. The van der Waals surface area contributed by atoms with Crippen molar-refractivity contribution < 1.29 is 18.0 Å². The highest BCUT2D eigenvalue weighted by atomic mass is 79.9. The van der Waals surface area contributed by atoms with Crippen LogP contribution >= 0.6 is 28.1 Å². The quantitative estimate of drug-likeness (QED) is 0.489. The summed E-state index contributed by atoms with van der Waals surface area (Å²) in [5.74, 6) is -2.91. The summed E-state index contributed by atoms with van der Waals surface area (Å²) in [6.45, 7) is 0. The molecule has 0 spiro atoms. The first-order chi connectivity index (χ1) is 7.56. The number of alkyl halides is 3. The van der Waals surface area contributed by atoms with E-state index < -0.39 is 22.5 Å². The Hall–Kier alpha value is -0.770. The number of halogens is 4. The van der Waals surface area contributed by atoms with Gasteiger partial charge in [0, 0.05) is 6.07 Å². The van der Waals surface area contributed by atoms with Gasteiger partial charge in [-0.1, -0.05) is 12.2 Å². The maximum Gasteiger partial charge on any atom is 0.510 e. The number of nitrogens with zero attached hydrogens (tertiary/aromatic N) is 1. The van der Waals surface area contributed by atoms with Gasteiger partial charge in [0.05, 0.1) is 11.5 Å². The minimum atomic E-state index is -5.21. The van der Waals surface area contributed by atoms with Gasteiger partial charge in [-0.25, -0.2) is 9.44 Å². The van der Waals surface area contributed by atoms with Crippen LogP contribution in [0, 0.1) is 9.85 Å². The molecule has 17 heavy (non-hydrogen) atoms. The molecule has 1 unspecified atom stereocenters. The molecule has 1 aromatic heterocycles. The second-order valence-electron chi connectivity index (χ2n) is 3.25. The molecule has 1 rings (SSSR count). The molecule has 4 nitrogen and oxygen atoms in total. The third-order valence-corrected chi connectivity index (χ3v) is 3.18. The predicted molar refractivity (Wildman–Crippen MR) is 61.5 cm³/mol. The number of aromatic amines is 1. The summed E-state index contributed by atoms with van der Waals surface area (Å²) < 4.78 is 34.8. The summed E-state index contributed by atoms with van der Waals surface area (Å²) in [5, 5.41) is 11.7. The van der Waals surface area contributed by atoms with E-state index in [2.05, 4.69) is 20.9 Å². The minimum Gasteiger partial charge on any atom is -0.619 e. The molecule has 1 aromatic rings. The predicted octanol–water partition coefficient (Wildman–Crippen LogP) is 3.03. The van der Waals surface area contributed by atoms with Crippen LogP contribution in [-0.2, 0) is 4.79 Å². The van der Waals surface area contributed by atoms with E-state index in [1.807, 2.05) is 0 Å². The SMILES string of the molecule is C[N+]([O-])(C(=O)C(F)(F)F)c1ccc(Br)c(=S)[nH]1. The fourth-order valence-electron chi connectivity index (χ4n) is 1.05. The Morgan fingerprint density at radius 2 is 2.06 bits per heavy atom. The Balaban J connectivity index is 3.27. The fourth-order valence-corrected chi connectivity index (χ4v) is 1.45. The molecule has 1 atom stereocenters. The number of H-pyrrole nitrogens is 1. The van der Waals surface area contributed by atoms with Crippen molar-refractivity contribution in [1.29, 1.82) is 0 Å². The molecule has 0 aliphatic carbocycles. The lowest BCUT2D eigenvalue weighted by molar-refractivity contribution is -0.180. The minimum absolute atomic E-state index is 0.0395. The summed E-state index contributed by atoms with van der Waals surface area (Å²) in [4.78, 5) is 13.2. The largest absolute Gasteiger partial charge is 0.619 e. The zero-order valence-electron chi connectivity index (χ0n) is 8.34. The first kappa shape index (κ1) is 14.3. The number of hydroxylamine groups is 2. The van der Waals surface area contributed by atoms with Gasteiger partial charge >= 0.3 is 12.1 Å². The summed E-state index contributed by atoms with van der Waals surface area (Å²) in [6, 6.07) is 2.36. The third-order valence-electron chi connectivity index (χ3n) is 1.94. The highest BCUT2D eigenvalue weighted by Gasteiger charge is 2.50. The number of nitrogens with one attached hydrogen (secondary N) is 1. The second kappa shape index (κ2) is 4.48. The Labute approximate surface area is 107 Å². The van der Waals surface area contributed by atoms with Crippen LogP contribution in [0.2, 0.25) is 0 Å². The number of hydrogen-bond donors (Lipinski definition) is 1. The maximum atomic E-state index is 12.2. The van der Waals surface area contributed by atoms with Crippen LogP contribution in [0.15, 0.2) is 16.6 Å². The highest BCUT2D eigenvalue weighted by molar-refractivity contribution is 9.10. The number of amides is 1. The molecule has 1 heterocycles. The van der Waals surface area contributed by atoms with Gasteiger partial charge in [0.15, 0.2) is 0 Å². The van der Waals surface area contributed by atoms with E-state index in [1.165, 1.54) is 6.07 Å². The van der Waals surface area contributed by atoms with Gasteiger partial charge in [-0.05, 0) is 22.0 Å². The number of hydrogen-bond acceptors (Lipinski definition) is 3. The maximum absolute atomic E-state index is 12.2. The molecule has 0 fully saturated rings. The van der Waals surface area contributed by atoms with E-state index in [0.29, 0.717) is 11.5 Å². The molecule has 1 N–H and O–H groups in total. The Kier molecular flexibility index (Phi) is 3.77. The topological polar surface area (TPSA) is 55.9 Å². The molecule has 94 valence electrons. The van der Waals surface area contributed by atoms with E-state index in [9.17, 15) is 23.2 Å². The Bertz CT molecular complexity index is 512. The number of rotatable bonds is 1. The number of pyridine rings is 1. The monoisotopic (exact) mass is 330 g/mol. The normalized spacial score (nSPS) is 15.4.